The minimum atomic E-state index is -0.834. The Hall–Kier alpha value is -1.66. The quantitative estimate of drug-likeness (QED) is 0.782. The topological polar surface area (TPSA) is 54.6 Å². The number of carboxylic acids is 1. The predicted octanol–water partition coefficient (Wildman–Crippen LogP) is 3.57. The summed E-state index contributed by atoms with van der Waals surface area (Å²) in [6.07, 6.45) is 4.20. The first-order valence-electron chi connectivity index (χ1n) is 6.03. The first-order valence-corrected chi connectivity index (χ1v) is 7.70. The number of halogens is 1. The Labute approximate surface area is 127 Å². The maximum Gasteiger partial charge on any atom is 0.311 e. The van der Waals surface area contributed by atoms with Crippen LogP contribution in [0.4, 0.5) is 0 Å². The normalized spacial score (nSPS) is 12.7. The Morgan fingerprint density at radius 2 is 2.35 bits per heavy atom. The highest BCUT2D eigenvalue weighted by atomic mass is 79.9. The van der Waals surface area contributed by atoms with Crippen LogP contribution >= 0.6 is 27.3 Å². The lowest BCUT2D eigenvalue weighted by molar-refractivity contribution is -0.138. The fourth-order valence-corrected chi connectivity index (χ4v) is 3.29. The van der Waals surface area contributed by atoms with Crippen LogP contribution in [0.3, 0.4) is 0 Å². The van der Waals surface area contributed by atoms with Crippen LogP contribution in [-0.2, 0) is 11.2 Å². The molecule has 1 N–H and O–H groups in total. The van der Waals surface area contributed by atoms with Crippen molar-refractivity contribution >= 4 is 38.2 Å². The number of hydrogen-bond acceptors (Lipinski definition) is 3. The summed E-state index contributed by atoms with van der Waals surface area (Å²) < 4.78 is 2.80. The maximum absolute atomic E-state index is 11.5. The zero-order chi connectivity index (χ0) is 14.1. The molecule has 1 atom stereocenters. The van der Waals surface area contributed by atoms with Gasteiger partial charge in [0.2, 0.25) is 0 Å². The Balaban J connectivity index is 1.91. The summed E-state index contributed by atoms with van der Waals surface area (Å²) in [6, 6.07) is 7.41. The molecule has 0 aliphatic carbocycles. The van der Waals surface area contributed by atoms with E-state index in [0.717, 1.165) is 20.7 Å². The van der Waals surface area contributed by atoms with Crippen LogP contribution in [0.25, 0.3) is 4.96 Å². The predicted molar refractivity (Wildman–Crippen MR) is 81.3 cm³/mol. The van der Waals surface area contributed by atoms with Crippen molar-refractivity contribution in [2.75, 3.05) is 0 Å². The van der Waals surface area contributed by atoms with E-state index in [9.17, 15) is 9.90 Å². The van der Waals surface area contributed by atoms with Crippen molar-refractivity contribution in [3.05, 3.63) is 57.8 Å². The third kappa shape index (κ3) is 2.62. The van der Waals surface area contributed by atoms with Crippen LogP contribution in [0, 0.1) is 0 Å². The highest BCUT2D eigenvalue weighted by Gasteiger charge is 2.22. The van der Waals surface area contributed by atoms with Crippen molar-refractivity contribution < 1.29 is 9.90 Å². The van der Waals surface area contributed by atoms with E-state index in [1.165, 1.54) is 11.3 Å². The molecule has 102 valence electrons. The molecule has 0 amide bonds. The second kappa shape index (κ2) is 5.38. The Kier molecular flexibility index (Phi) is 3.58. The van der Waals surface area contributed by atoms with Gasteiger partial charge >= 0.3 is 5.97 Å². The molecule has 3 aromatic rings. The second-order valence-corrected chi connectivity index (χ2v) is 6.26. The van der Waals surface area contributed by atoms with Gasteiger partial charge in [-0.25, -0.2) is 4.98 Å². The van der Waals surface area contributed by atoms with Crippen molar-refractivity contribution in [2.24, 2.45) is 0 Å². The van der Waals surface area contributed by atoms with Gasteiger partial charge in [-0.15, -0.1) is 11.3 Å². The molecule has 1 aromatic carbocycles. The zero-order valence-electron chi connectivity index (χ0n) is 10.4. The van der Waals surface area contributed by atoms with Crippen LogP contribution in [0.2, 0.25) is 0 Å². The number of carbonyl (C=O) groups is 1. The van der Waals surface area contributed by atoms with Gasteiger partial charge in [0.1, 0.15) is 0 Å². The molecule has 0 saturated heterocycles. The average Bonchev–Trinajstić information content (AvgIpc) is 2.96. The van der Waals surface area contributed by atoms with Gasteiger partial charge in [-0.1, -0.05) is 28.1 Å². The van der Waals surface area contributed by atoms with Crippen molar-refractivity contribution in [3.8, 4) is 0 Å². The van der Waals surface area contributed by atoms with Crippen molar-refractivity contribution in [3.63, 3.8) is 0 Å². The van der Waals surface area contributed by atoms with Crippen molar-refractivity contribution in [1.29, 1.82) is 0 Å². The highest BCUT2D eigenvalue weighted by molar-refractivity contribution is 9.10. The largest absolute Gasteiger partial charge is 0.481 e. The van der Waals surface area contributed by atoms with Crippen molar-refractivity contribution in [1.82, 2.24) is 9.38 Å². The maximum atomic E-state index is 11.5. The van der Waals surface area contributed by atoms with Crippen LogP contribution in [0.15, 0.2) is 46.5 Å². The molecule has 0 fully saturated rings. The minimum Gasteiger partial charge on any atom is -0.481 e. The number of fused-ring (bicyclic) bond motifs is 1. The number of aliphatic carboxylic acids is 1. The van der Waals surface area contributed by atoms with Crippen LogP contribution in [0.1, 0.15) is 17.2 Å². The summed E-state index contributed by atoms with van der Waals surface area (Å²) in [5, 5.41) is 11.4. The van der Waals surface area contributed by atoms with Crippen LogP contribution in [-0.4, -0.2) is 20.5 Å². The molecule has 20 heavy (non-hydrogen) atoms. The van der Waals surface area contributed by atoms with Crippen molar-refractivity contribution in [2.45, 2.75) is 12.3 Å². The molecule has 2 heterocycles. The molecule has 2 aromatic heterocycles. The van der Waals surface area contributed by atoms with Gasteiger partial charge < -0.3 is 5.11 Å². The van der Waals surface area contributed by atoms with Gasteiger partial charge in [-0.2, -0.15) is 0 Å². The molecule has 0 saturated carbocycles. The number of hydrogen-bond donors (Lipinski definition) is 1. The fourth-order valence-electron chi connectivity index (χ4n) is 2.15. The van der Waals surface area contributed by atoms with Gasteiger partial charge in [0.15, 0.2) is 4.96 Å². The standard InChI is InChI=1S/C14H11BrN2O2S/c15-10-3-1-2-9(6-10)12(13(18)19)7-11-8-17-4-5-20-14(17)16-11/h1-6,8,12H,7H2,(H,18,19). The van der Waals surface area contributed by atoms with Crippen LogP contribution in [0.5, 0.6) is 0 Å². The lowest BCUT2D eigenvalue weighted by Gasteiger charge is -2.11. The van der Waals surface area contributed by atoms with E-state index in [1.807, 2.05) is 46.4 Å². The number of thiazole rings is 1. The van der Waals surface area contributed by atoms with E-state index in [4.69, 9.17) is 0 Å². The van der Waals surface area contributed by atoms with Gasteiger partial charge in [-0.05, 0) is 17.7 Å². The lowest BCUT2D eigenvalue weighted by atomic mass is 9.95. The first-order chi connectivity index (χ1) is 9.63. The zero-order valence-corrected chi connectivity index (χ0v) is 12.8. The van der Waals surface area contributed by atoms with Gasteiger partial charge in [0, 0.05) is 28.7 Å². The van der Waals surface area contributed by atoms with E-state index in [1.54, 1.807) is 0 Å². The van der Waals surface area contributed by atoms with Gasteiger partial charge in [0.25, 0.3) is 0 Å². The van der Waals surface area contributed by atoms with E-state index < -0.39 is 11.9 Å². The highest BCUT2D eigenvalue weighted by Crippen LogP contribution is 2.24. The molecule has 4 nitrogen and oxygen atoms in total. The molecule has 0 spiro atoms. The van der Waals surface area contributed by atoms with Gasteiger partial charge in [0.05, 0.1) is 11.6 Å². The summed E-state index contributed by atoms with van der Waals surface area (Å²) in [5.41, 5.74) is 1.58. The molecular formula is C14H11BrN2O2S. The molecule has 0 bridgehead atoms. The number of rotatable bonds is 4. The molecular weight excluding hydrogens is 340 g/mol. The molecule has 3 rings (SSSR count). The molecule has 6 heteroatoms. The minimum absolute atomic E-state index is 0.389. The summed E-state index contributed by atoms with van der Waals surface area (Å²) in [6.45, 7) is 0. The number of carboxylic acid groups (broad SMARTS) is 1. The third-order valence-electron chi connectivity index (χ3n) is 3.11. The molecule has 0 aliphatic rings. The van der Waals surface area contributed by atoms with E-state index >= 15 is 0 Å². The lowest BCUT2D eigenvalue weighted by Crippen LogP contribution is -2.14. The molecule has 0 radical (unpaired) electrons. The Morgan fingerprint density at radius 3 is 3.05 bits per heavy atom. The smallest absolute Gasteiger partial charge is 0.311 e. The number of nitrogens with zero attached hydrogens (tertiary/aromatic N) is 2. The van der Waals surface area contributed by atoms with Gasteiger partial charge in [-0.3, -0.25) is 9.20 Å². The number of imidazole rings is 1. The third-order valence-corrected chi connectivity index (χ3v) is 4.37. The summed E-state index contributed by atoms with van der Waals surface area (Å²) in [5.74, 6) is -1.42. The molecule has 0 aliphatic heterocycles. The number of aromatic nitrogens is 2. The van der Waals surface area contributed by atoms with Crippen LogP contribution < -0.4 is 0 Å². The average molecular weight is 351 g/mol. The van der Waals surface area contributed by atoms with E-state index in [2.05, 4.69) is 20.9 Å². The monoisotopic (exact) mass is 350 g/mol. The summed E-state index contributed by atoms with van der Waals surface area (Å²) >= 11 is 4.91. The second-order valence-electron chi connectivity index (χ2n) is 4.48. The SMILES string of the molecule is O=C(O)C(Cc1cn2ccsc2n1)c1cccc(Br)c1. The first kappa shape index (κ1) is 13.3. The number of benzene rings is 1. The fraction of sp³-hybridized carbons (Fsp3) is 0.143. The Morgan fingerprint density at radius 1 is 1.50 bits per heavy atom. The summed E-state index contributed by atoms with van der Waals surface area (Å²) in [4.78, 5) is 16.9. The Bertz CT molecular complexity index is 737. The van der Waals surface area contributed by atoms with E-state index in [0.29, 0.717) is 6.42 Å². The molecule has 1 unspecified atom stereocenters. The van der Waals surface area contributed by atoms with E-state index in [-0.39, 0.29) is 0 Å². The summed E-state index contributed by atoms with van der Waals surface area (Å²) in [7, 11) is 0.